The standard InChI is InChI=1S/C24H26N2O4/c1-30-21-10-6-5-7-16(21)13-14-25-22(27)17-11-12-19-20(15-17)24(29)26(23(19)28)18-8-3-2-4-9-18/h5-7,10-12,15,18H,2-4,8-9,13-14H2,1H3,(H,25,27). The van der Waals surface area contributed by atoms with E-state index in [1.165, 1.54) is 4.90 Å². The molecule has 4 rings (SSSR count). The van der Waals surface area contributed by atoms with E-state index in [2.05, 4.69) is 5.32 Å². The normalized spacial score (nSPS) is 16.5. The van der Waals surface area contributed by atoms with E-state index < -0.39 is 0 Å². The highest BCUT2D eigenvalue weighted by Gasteiger charge is 2.40. The Hall–Kier alpha value is -3.15. The van der Waals surface area contributed by atoms with E-state index in [1.807, 2.05) is 24.3 Å². The zero-order chi connectivity index (χ0) is 21.1. The summed E-state index contributed by atoms with van der Waals surface area (Å²) in [7, 11) is 1.62. The van der Waals surface area contributed by atoms with Gasteiger partial charge in [-0.1, -0.05) is 37.5 Å². The van der Waals surface area contributed by atoms with Crippen molar-refractivity contribution < 1.29 is 19.1 Å². The van der Waals surface area contributed by atoms with Gasteiger partial charge in [-0.3, -0.25) is 19.3 Å². The number of nitrogens with zero attached hydrogens (tertiary/aromatic N) is 1. The van der Waals surface area contributed by atoms with Gasteiger partial charge in [0, 0.05) is 18.2 Å². The first kappa shape index (κ1) is 20.1. The summed E-state index contributed by atoms with van der Waals surface area (Å²) in [5.41, 5.74) is 2.14. The van der Waals surface area contributed by atoms with Crippen molar-refractivity contribution in [1.29, 1.82) is 0 Å². The average molecular weight is 406 g/mol. The number of carbonyl (C=O) groups is 3. The maximum atomic E-state index is 12.9. The second-order valence-corrected chi connectivity index (χ2v) is 7.85. The number of fused-ring (bicyclic) bond motifs is 1. The predicted octanol–water partition coefficient (Wildman–Crippen LogP) is 3.60. The van der Waals surface area contributed by atoms with Gasteiger partial charge in [0.05, 0.1) is 18.2 Å². The molecule has 0 unspecified atom stereocenters. The Labute approximate surface area is 176 Å². The van der Waals surface area contributed by atoms with Crippen molar-refractivity contribution in [3.63, 3.8) is 0 Å². The maximum Gasteiger partial charge on any atom is 0.261 e. The highest BCUT2D eigenvalue weighted by Crippen LogP contribution is 2.31. The summed E-state index contributed by atoms with van der Waals surface area (Å²) in [6.07, 6.45) is 5.59. The number of ether oxygens (including phenoxy) is 1. The molecule has 0 radical (unpaired) electrons. The van der Waals surface area contributed by atoms with Crippen LogP contribution in [0.25, 0.3) is 0 Å². The largest absolute Gasteiger partial charge is 0.496 e. The van der Waals surface area contributed by atoms with Gasteiger partial charge in [-0.05, 0) is 49.1 Å². The van der Waals surface area contributed by atoms with Crippen LogP contribution >= 0.6 is 0 Å². The molecule has 30 heavy (non-hydrogen) atoms. The van der Waals surface area contributed by atoms with Gasteiger partial charge in [-0.15, -0.1) is 0 Å². The first-order chi connectivity index (χ1) is 14.6. The summed E-state index contributed by atoms with van der Waals surface area (Å²) in [6, 6.07) is 12.4. The third kappa shape index (κ3) is 3.82. The molecule has 156 valence electrons. The number of carbonyl (C=O) groups excluding carboxylic acids is 3. The molecule has 1 N–H and O–H groups in total. The molecule has 0 spiro atoms. The second-order valence-electron chi connectivity index (χ2n) is 7.85. The summed E-state index contributed by atoms with van der Waals surface area (Å²) < 4.78 is 5.33. The van der Waals surface area contributed by atoms with Gasteiger partial charge in [-0.25, -0.2) is 0 Å². The van der Waals surface area contributed by atoms with Gasteiger partial charge < -0.3 is 10.1 Å². The Bertz CT molecular complexity index is 979. The Morgan fingerprint density at radius 3 is 2.53 bits per heavy atom. The summed E-state index contributed by atoms with van der Waals surface area (Å²) in [5.74, 6) is 0.0239. The summed E-state index contributed by atoms with van der Waals surface area (Å²) in [5, 5.41) is 2.89. The molecule has 1 saturated carbocycles. The van der Waals surface area contributed by atoms with Gasteiger partial charge in [0.25, 0.3) is 17.7 Å². The summed E-state index contributed by atoms with van der Waals surface area (Å²) >= 11 is 0. The molecular formula is C24H26N2O4. The SMILES string of the molecule is COc1ccccc1CCNC(=O)c1ccc2c(c1)C(=O)N(C1CCCCC1)C2=O. The van der Waals surface area contributed by atoms with E-state index in [-0.39, 0.29) is 23.8 Å². The Balaban J connectivity index is 1.43. The molecule has 1 heterocycles. The highest BCUT2D eigenvalue weighted by atomic mass is 16.5. The molecule has 2 aromatic carbocycles. The lowest BCUT2D eigenvalue weighted by Crippen LogP contribution is -2.40. The Morgan fingerprint density at radius 1 is 1.03 bits per heavy atom. The van der Waals surface area contributed by atoms with Crippen LogP contribution in [0.15, 0.2) is 42.5 Å². The molecule has 1 fully saturated rings. The number of para-hydroxylation sites is 1. The van der Waals surface area contributed by atoms with E-state index >= 15 is 0 Å². The molecule has 0 atom stereocenters. The lowest BCUT2D eigenvalue weighted by molar-refractivity contribution is 0.0548. The Morgan fingerprint density at radius 2 is 1.77 bits per heavy atom. The van der Waals surface area contributed by atoms with Crippen LogP contribution in [0.4, 0.5) is 0 Å². The maximum absolute atomic E-state index is 12.9. The van der Waals surface area contributed by atoms with Gasteiger partial charge in [0.1, 0.15) is 5.75 Å². The van der Waals surface area contributed by atoms with Crippen molar-refractivity contribution in [1.82, 2.24) is 10.2 Å². The van der Waals surface area contributed by atoms with Crippen LogP contribution in [0.2, 0.25) is 0 Å². The minimum atomic E-state index is -0.273. The number of benzene rings is 2. The van der Waals surface area contributed by atoms with Crippen molar-refractivity contribution in [2.24, 2.45) is 0 Å². The van der Waals surface area contributed by atoms with Crippen LogP contribution < -0.4 is 10.1 Å². The average Bonchev–Trinajstić information content (AvgIpc) is 3.04. The number of amides is 3. The first-order valence-corrected chi connectivity index (χ1v) is 10.5. The zero-order valence-electron chi connectivity index (χ0n) is 17.1. The van der Waals surface area contributed by atoms with E-state index in [9.17, 15) is 14.4 Å². The van der Waals surface area contributed by atoms with Crippen molar-refractivity contribution in [3.8, 4) is 5.75 Å². The number of nitrogens with one attached hydrogen (secondary N) is 1. The van der Waals surface area contributed by atoms with Crippen molar-refractivity contribution in [2.75, 3.05) is 13.7 Å². The number of hydrogen-bond donors (Lipinski definition) is 1. The highest BCUT2D eigenvalue weighted by molar-refractivity contribution is 6.22. The minimum absolute atomic E-state index is 0.0238. The molecular weight excluding hydrogens is 380 g/mol. The molecule has 0 aromatic heterocycles. The van der Waals surface area contributed by atoms with Gasteiger partial charge in [0.2, 0.25) is 0 Å². The molecule has 1 aliphatic carbocycles. The van der Waals surface area contributed by atoms with Gasteiger partial charge in [0.15, 0.2) is 0 Å². The van der Waals surface area contributed by atoms with Gasteiger partial charge >= 0.3 is 0 Å². The van der Waals surface area contributed by atoms with E-state index in [0.717, 1.165) is 43.4 Å². The van der Waals surface area contributed by atoms with E-state index in [1.54, 1.807) is 25.3 Å². The van der Waals surface area contributed by atoms with Crippen LogP contribution in [0.3, 0.4) is 0 Å². The number of hydrogen-bond acceptors (Lipinski definition) is 4. The summed E-state index contributed by atoms with van der Waals surface area (Å²) in [6.45, 7) is 0.442. The molecule has 0 saturated heterocycles. The molecule has 0 bridgehead atoms. The number of methoxy groups -OCH3 is 1. The lowest BCUT2D eigenvalue weighted by atomic mass is 9.94. The molecule has 6 heteroatoms. The molecule has 3 amide bonds. The molecule has 1 aliphatic heterocycles. The van der Waals surface area contributed by atoms with Crippen LogP contribution in [0.1, 0.15) is 68.7 Å². The smallest absolute Gasteiger partial charge is 0.261 e. The third-order valence-electron chi connectivity index (χ3n) is 5.99. The van der Waals surface area contributed by atoms with E-state index in [0.29, 0.717) is 29.7 Å². The lowest BCUT2D eigenvalue weighted by Gasteiger charge is -2.29. The fourth-order valence-corrected chi connectivity index (χ4v) is 4.39. The quantitative estimate of drug-likeness (QED) is 0.744. The van der Waals surface area contributed by atoms with Crippen LogP contribution in [0, 0.1) is 0 Å². The number of rotatable bonds is 6. The zero-order valence-corrected chi connectivity index (χ0v) is 17.1. The van der Waals surface area contributed by atoms with Crippen molar-refractivity contribution in [3.05, 3.63) is 64.7 Å². The van der Waals surface area contributed by atoms with Gasteiger partial charge in [-0.2, -0.15) is 0 Å². The monoisotopic (exact) mass is 406 g/mol. The fraction of sp³-hybridized carbons (Fsp3) is 0.375. The Kier molecular flexibility index (Phi) is 5.84. The third-order valence-corrected chi connectivity index (χ3v) is 5.99. The van der Waals surface area contributed by atoms with Crippen molar-refractivity contribution in [2.45, 2.75) is 44.6 Å². The van der Waals surface area contributed by atoms with Crippen LogP contribution in [0.5, 0.6) is 5.75 Å². The number of imide groups is 1. The minimum Gasteiger partial charge on any atom is -0.496 e. The van der Waals surface area contributed by atoms with E-state index in [4.69, 9.17) is 4.74 Å². The molecule has 2 aromatic rings. The van der Waals surface area contributed by atoms with Crippen molar-refractivity contribution >= 4 is 17.7 Å². The topological polar surface area (TPSA) is 75.7 Å². The van der Waals surface area contributed by atoms with Crippen LogP contribution in [-0.4, -0.2) is 42.3 Å². The first-order valence-electron chi connectivity index (χ1n) is 10.5. The fourth-order valence-electron chi connectivity index (χ4n) is 4.39. The second kappa shape index (κ2) is 8.69. The van der Waals surface area contributed by atoms with Crippen LogP contribution in [-0.2, 0) is 6.42 Å². The molecule has 6 nitrogen and oxygen atoms in total. The molecule has 2 aliphatic rings. The summed E-state index contributed by atoms with van der Waals surface area (Å²) in [4.78, 5) is 39.7. The predicted molar refractivity (Wildman–Crippen MR) is 113 cm³/mol.